The Bertz CT molecular complexity index is 459. The quantitative estimate of drug-likeness (QED) is 0.774. The SMILES string of the molecule is CC1CN(c2ccc(CCl)cc2C#N)CC(C)S1. The number of hydrogen-bond acceptors (Lipinski definition) is 3. The van der Waals surface area contributed by atoms with Crippen molar-refractivity contribution in [3.05, 3.63) is 29.3 Å². The molecule has 1 aromatic rings. The topological polar surface area (TPSA) is 27.0 Å². The smallest absolute Gasteiger partial charge is 0.101 e. The van der Waals surface area contributed by atoms with Crippen molar-refractivity contribution in [2.75, 3.05) is 18.0 Å². The number of nitrogens with zero attached hydrogens (tertiary/aromatic N) is 2. The fourth-order valence-electron chi connectivity index (χ4n) is 2.41. The molecular weight excluding hydrogens is 264 g/mol. The third kappa shape index (κ3) is 2.93. The number of thioether (sulfide) groups is 1. The van der Waals surface area contributed by atoms with Crippen LogP contribution in [-0.2, 0) is 5.88 Å². The lowest BCUT2D eigenvalue weighted by Gasteiger charge is -2.36. The molecule has 0 aliphatic carbocycles. The molecular formula is C14H17ClN2S. The summed E-state index contributed by atoms with van der Waals surface area (Å²) in [5.74, 6) is 0.456. The van der Waals surface area contributed by atoms with Crippen LogP contribution in [0, 0.1) is 11.3 Å². The van der Waals surface area contributed by atoms with Gasteiger partial charge in [-0.3, -0.25) is 0 Å². The highest BCUT2D eigenvalue weighted by Gasteiger charge is 2.24. The molecule has 0 saturated carbocycles. The molecule has 96 valence electrons. The van der Waals surface area contributed by atoms with Crippen molar-refractivity contribution in [3.8, 4) is 6.07 Å². The molecule has 4 heteroatoms. The Balaban J connectivity index is 2.30. The normalized spacial score (nSPS) is 23.8. The molecule has 0 amide bonds. The molecule has 1 aliphatic heterocycles. The second-order valence-corrected chi connectivity index (χ2v) is 6.91. The summed E-state index contributed by atoms with van der Waals surface area (Å²) in [4.78, 5) is 2.32. The van der Waals surface area contributed by atoms with E-state index in [-0.39, 0.29) is 0 Å². The zero-order valence-electron chi connectivity index (χ0n) is 10.7. The van der Waals surface area contributed by atoms with E-state index in [0.29, 0.717) is 16.4 Å². The first-order valence-electron chi connectivity index (χ1n) is 6.13. The lowest BCUT2D eigenvalue weighted by molar-refractivity contribution is 0.727. The van der Waals surface area contributed by atoms with Gasteiger partial charge in [0.05, 0.1) is 11.3 Å². The van der Waals surface area contributed by atoms with Crippen molar-refractivity contribution in [3.63, 3.8) is 0 Å². The predicted molar refractivity (Wildman–Crippen MR) is 79.4 cm³/mol. The Hall–Kier alpha value is -0.850. The molecule has 0 aromatic heterocycles. The van der Waals surface area contributed by atoms with Crippen LogP contribution in [0.1, 0.15) is 25.0 Å². The lowest BCUT2D eigenvalue weighted by atomic mass is 10.1. The lowest BCUT2D eigenvalue weighted by Crippen LogP contribution is -2.40. The molecule has 0 N–H and O–H groups in total. The standard InChI is InChI=1S/C14H17ClN2S/c1-10-8-17(9-11(2)18-10)14-4-3-12(6-15)5-13(14)7-16/h3-5,10-11H,6,8-9H2,1-2H3. The maximum Gasteiger partial charge on any atom is 0.101 e. The number of nitriles is 1. The largest absolute Gasteiger partial charge is 0.368 e. The molecule has 2 unspecified atom stereocenters. The Morgan fingerprint density at radius 2 is 2.06 bits per heavy atom. The molecule has 2 nitrogen and oxygen atoms in total. The summed E-state index contributed by atoms with van der Waals surface area (Å²) >= 11 is 7.83. The number of benzene rings is 1. The monoisotopic (exact) mass is 280 g/mol. The molecule has 2 atom stereocenters. The third-order valence-electron chi connectivity index (χ3n) is 3.10. The molecule has 0 radical (unpaired) electrons. The van der Waals surface area contributed by atoms with E-state index in [2.05, 4.69) is 24.8 Å². The third-order valence-corrected chi connectivity index (χ3v) is 4.63. The van der Waals surface area contributed by atoms with Crippen LogP contribution in [0.15, 0.2) is 18.2 Å². The highest BCUT2D eigenvalue weighted by atomic mass is 35.5. The van der Waals surface area contributed by atoms with E-state index in [9.17, 15) is 5.26 Å². The zero-order valence-corrected chi connectivity index (χ0v) is 12.3. The molecule has 1 fully saturated rings. The van der Waals surface area contributed by atoms with Gasteiger partial charge >= 0.3 is 0 Å². The van der Waals surface area contributed by atoms with Crippen LogP contribution in [0.2, 0.25) is 0 Å². The second-order valence-electron chi connectivity index (χ2n) is 4.76. The van der Waals surface area contributed by atoms with E-state index in [4.69, 9.17) is 11.6 Å². The van der Waals surface area contributed by atoms with Gasteiger partial charge in [0.15, 0.2) is 0 Å². The van der Waals surface area contributed by atoms with Gasteiger partial charge in [0, 0.05) is 29.5 Å². The van der Waals surface area contributed by atoms with Crippen molar-refractivity contribution in [1.29, 1.82) is 5.26 Å². The molecule has 0 spiro atoms. The van der Waals surface area contributed by atoms with Crippen molar-refractivity contribution in [1.82, 2.24) is 0 Å². The fourth-order valence-corrected chi connectivity index (χ4v) is 3.90. The minimum Gasteiger partial charge on any atom is -0.368 e. The van der Waals surface area contributed by atoms with Crippen LogP contribution in [0.3, 0.4) is 0 Å². The molecule has 1 aromatic carbocycles. The van der Waals surface area contributed by atoms with E-state index in [0.717, 1.165) is 29.9 Å². The molecule has 1 heterocycles. The Labute approximate surface area is 118 Å². The van der Waals surface area contributed by atoms with E-state index < -0.39 is 0 Å². The van der Waals surface area contributed by atoms with E-state index >= 15 is 0 Å². The number of rotatable bonds is 2. The van der Waals surface area contributed by atoms with Gasteiger partial charge in [0.2, 0.25) is 0 Å². The minimum atomic E-state index is 0.456. The summed E-state index contributed by atoms with van der Waals surface area (Å²) in [6.07, 6.45) is 0. The average Bonchev–Trinajstić information content (AvgIpc) is 2.36. The highest BCUT2D eigenvalue weighted by Crippen LogP contribution is 2.30. The zero-order chi connectivity index (χ0) is 13.1. The van der Waals surface area contributed by atoms with Crippen molar-refractivity contribution >= 4 is 29.1 Å². The molecule has 0 bridgehead atoms. The number of hydrogen-bond donors (Lipinski definition) is 0. The van der Waals surface area contributed by atoms with Crippen molar-refractivity contribution < 1.29 is 0 Å². The first-order valence-corrected chi connectivity index (χ1v) is 7.61. The van der Waals surface area contributed by atoms with Crippen LogP contribution in [-0.4, -0.2) is 23.6 Å². The Morgan fingerprint density at radius 3 is 2.61 bits per heavy atom. The summed E-state index contributed by atoms with van der Waals surface area (Å²) in [6, 6.07) is 8.24. The van der Waals surface area contributed by atoms with Gasteiger partial charge in [-0.1, -0.05) is 19.9 Å². The number of anilines is 1. The van der Waals surface area contributed by atoms with Crippen LogP contribution < -0.4 is 4.90 Å². The maximum atomic E-state index is 9.28. The van der Waals surface area contributed by atoms with Crippen LogP contribution in [0.4, 0.5) is 5.69 Å². The first kappa shape index (κ1) is 13.6. The predicted octanol–water partition coefficient (Wildman–Crippen LogP) is 3.63. The van der Waals surface area contributed by atoms with Gasteiger partial charge in [0.1, 0.15) is 6.07 Å². The summed E-state index contributed by atoms with van der Waals surface area (Å²) in [6.45, 7) is 6.49. The Kier molecular flexibility index (Phi) is 4.42. The molecule has 1 aliphatic rings. The van der Waals surface area contributed by atoms with Gasteiger partial charge in [-0.2, -0.15) is 17.0 Å². The highest BCUT2D eigenvalue weighted by molar-refractivity contribution is 8.00. The van der Waals surface area contributed by atoms with Crippen LogP contribution >= 0.6 is 23.4 Å². The van der Waals surface area contributed by atoms with Gasteiger partial charge in [-0.05, 0) is 17.7 Å². The van der Waals surface area contributed by atoms with Crippen LogP contribution in [0.5, 0.6) is 0 Å². The maximum absolute atomic E-state index is 9.28. The summed E-state index contributed by atoms with van der Waals surface area (Å²) < 4.78 is 0. The second kappa shape index (κ2) is 5.86. The molecule has 1 saturated heterocycles. The van der Waals surface area contributed by atoms with E-state index in [1.165, 1.54) is 0 Å². The minimum absolute atomic E-state index is 0.456. The first-order chi connectivity index (χ1) is 8.63. The summed E-state index contributed by atoms with van der Waals surface area (Å²) in [5, 5.41) is 10.5. The van der Waals surface area contributed by atoms with Crippen molar-refractivity contribution in [2.45, 2.75) is 30.2 Å². The number of halogens is 1. The fraction of sp³-hybridized carbons (Fsp3) is 0.500. The summed E-state index contributed by atoms with van der Waals surface area (Å²) in [7, 11) is 0. The average molecular weight is 281 g/mol. The summed E-state index contributed by atoms with van der Waals surface area (Å²) in [5.41, 5.74) is 2.79. The molecule has 18 heavy (non-hydrogen) atoms. The van der Waals surface area contributed by atoms with E-state index in [1.807, 2.05) is 30.0 Å². The van der Waals surface area contributed by atoms with Gasteiger partial charge in [0.25, 0.3) is 0 Å². The van der Waals surface area contributed by atoms with Gasteiger partial charge < -0.3 is 4.90 Å². The number of alkyl halides is 1. The van der Waals surface area contributed by atoms with Gasteiger partial charge in [-0.15, -0.1) is 11.6 Å². The van der Waals surface area contributed by atoms with E-state index in [1.54, 1.807) is 0 Å². The van der Waals surface area contributed by atoms with Crippen LogP contribution in [0.25, 0.3) is 0 Å². The molecule has 2 rings (SSSR count). The van der Waals surface area contributed by atoms with Crippen molar-refractivity contribution in [2.24, 2.45) is 0 Å². The van der Waals surface area contributed by atoms with Gasteiger partial charge in [-0.25, -0.2) is 0 Å². The Morgan fingerprint density at radius 1 is 1.39 bits per heavy atom.